The number of aromatic amines is 1. The molecule has 0 radical (unpaired) electrons. The highest BCUT2D eigenvalue weighted by molar-refractivity contribution is 7.92. The average molecular weight is 311 g/mol. The maximum absolute atomic E-state index is 13.1. The number of hydrogen-bond acceptors (Lipinski definition) is 3. The van der Waals surface area contributed by atoms with Gasteiger partial charge in [0.25, 0.3) is 10.0 Å². The van der Waals surface area contributed by atoms with Gasteiger partial charge in [-0.05, 0) is 24.3 Å². The minimum atomic E-state index is -3.72. The fourth-order valence-corrected chi connectivity index (χ4v) is 2.82. The van der Waals surface area contributed by atoms with E-state index in [9.17, 15) is 12.8 Å². The van der Waals surface area contributed by atoms with Crippen LogP contribution in [0.2, 0.25) is 0 Å². The Bertz CT molecular complexity index is 711. The zero-order valence-corrected chi connectivity index (χ0v) is 12.7. The third kappa shape index (κ3) is 4.30. The van der Waals surface area contributed by atoms with Crippen LogP contribution in [-0.2, 0) is 16.6 Å². The van der Waals surface area contributed by atoms with Crippen LogP contribution in [0, 0.1) is 5.82 Å². The quantitative estimate of drug-likeness (QED) is 0.767. The smallest absolute Gasteiger partial charge is 0.263 e. The maximum atomic E-state index is 13.1. The molecule has 7 heteroatoms. The van der Waals surface area contributed by atoms with E-state index in [1.807, 2.05) is 13.8 Å². The van der Waals surface area contributed by atoms with Crippen molar-refractivity contribution < 1.29 is 12.8 Å². The van der Waals surface area contributed by atoms with Crippen molar-refractivity contribution in [3.05, 3.63) is 48.0 Å². The zero-order valence-electron chi connectivity index (χ0n) is 11.9. The van der Waals surface area contributed by atoms with Gasteiger partial charge in [-0.2, -0.15) is 0 Å². The molecule has 1 heterocycles. The van der Waals surface area contributed by atoms with Crippen molar-refractivity contribution in [1.82, 2.24) is 10.3 Å². The predicted octanol–water partition coefficient (Wildman–Crippen LogP) is 2.45. The summed E-state index contributed by atoms with van der Waals surface area (Å²) in [6.45, 7) is 4.56. The zero-order chi connectivity index (χ0) is 15.5. The molecule has 0 aliphatic carbocycles. The Morgan fingerprint density at radius 1 is 1.29 bits per heavy atom. The van der Waals surface area contributed by atoms with Crippen molar-refractivity contribution in [2.75, 3.05) is 4.72 Å². The molecule has 0 aliphatic rings. The summed E-state index contributed by atoms with van der Waals surface area (Å²) in [7, 11) is -3.72. The monoisotopic (exact) mass is 311 g/mol. The van der Waals surface area contributed by atoms with Crippen LogP contribution in [0.25, 0.3) is 0 Å². The molecule has 0 saturated heterocycles. The Labute approximate surface area is 123 Å². The van der Waals surface area contributed by atoms with Gasteiger partial charge in [0.15, 0.2) is 0 Å². The van der Waals surface area contributed by atoms with Crippen LogP contribution in [0.5, 0.6) is 0 Å². The number of sulfonamides is 1. The largest absolute Gasteiger partial charge is 0.363 e. The van der Waals surface area contributed by atoms with E-state index in [0.717, 1.165) is 11.8 Å². The highest BCUT2D eigenvalue weighted by Gasteiger charge is 2.16. The summed E-state index contributed by atoms with van der Waals surface area (Å²) >= 11 is 0. The standard InChI is InChI=1S/C14H18FN3O2S/c1-10(2)16-8-13-7-14(9-17-13)21(19,20)18-12-5-3-4-11(15)6-12/h3-7,9-10,16-18H,8H2,1-2H3. The van der Waals surface area contributed by atoms with Crippen LogP contribution in [0.1, 0.15) is 19.5 Å². The van der Waals surface area contributed by atoms with E-state index in [2.05, 4.69) is 15.0 Å². The number of aromatic nitrogens is 1. The topological polar surface area (TPSA) is 74.0 Å². The Morgan fingerprint density at radius 2 is 2.05 bits per heavy atom. The third-order valence-corrected chi connectivity index (χ3v) is 4.16. The molecule has 0 atom stereocenters. The first-order valence-corrected chi connectivity index (χ1v) is 8.04. The molecular weight excluding hydrogens is 293 g/mol. The molecule has 0 saturated carbocycles. The molecule has 1 aromatic heterocycles. The summed E-state index contributed by atoms with van der Waals surface area (Å²) in [5, 5.41) is 3.19. The van der Waals surface area contributed by atoms with Crippen LogP contribution in [0.3, 0.4) is 0 Å². The SMILES string of the molecule is CC(C)NCc1cc(S(=O)(=O)Nc2cccc(F)c2)c[nH]1. The van der Waals surface area contributed by atoms with Gasteiger partial charge in [0.05, 0.1) is 5.69 Å². The summed E-state index contributed by atoms with van der Waals surface area (Å²) in [5.41, 5.74) is 0.960. The Morgan fingerprint density at radius 3 is 2.71 bits per heavy atom. The molecule has 114 valence electrons. The van der Waals surface area contributed by atoms with Crippen molar-refractivity contribution in [2.45, 2.75) is 31.3 Å². The molecule has 0 amide bonds. The number of rotatable bonds is 6. The molecule has 0 spiro atoms. The van der Waals surface area contributed by atoms with Crippen LogP contribution in [-0.4, -0.2) is 19.4 Å². The lowest BCUT2D eigenvalue weighted by Gasteiger charge is -2.06. The van der Waals surface area contributed by atoms with Gasteiger partial charge in [-0.15, -0.1) is 0 Å². The molecule has 21 heavy (non-hydrogen) atoms. The van der Waals surface area contributed by atoms with Gasteiger partial charge < -0.3 is 10.3 Å². The van der Waals surface area contributed by atoms with E-state index in [1.165, 1.54) is 24.4 Å². The van der Waals surface area contributed by atoms with Gasteiger partial charge in [0.1, 0.15) is 10.7 Å². The van der Waals surface area contributed by atoms with E-state index in [-0.39, 0.29) is 10.6 Å². The van der Waals surface area contributed by atoms with Crippen molar-refractivity contribution >= 4 is 15.7 Å². The van der Waals surface area contributed by atoms with Gasteiger partial charge in [0, 0.05) is 24.5 Å². The molecular formula is C14H18FN3O2S. The van der Waals surface area contributed by atoms with Crippen LogP contribution >= 0.6 is 0 Å². The second-order valence-corrected chi connectivity index (χ2v) is 6.69. The molecule has 2 rings (SSSR count). The second-order valence-electron chi connectivity index (χ2n) is 5.01. The van der Waals surface area contributed by atoms with Gasteiger partial charge >= 0.3 is 0 Å². The van der Waals surface area contributed by atoms with E-state index >= 15 is 0 Å². The number of hydrogen-bond donors (Lipinski definition) is 3. The highest BCUT2D eigenvalue weighted by atomic mass is 32.2. The molecule has 0 fully saturated rings. The number of halogens is 1. The predicted molar refractivity (Wildman–Crippen MR) is 80.0 cm³/mol. The third-order valence-electron chi connectivity index (χ3n) is 2.80. The molecule has 0 aliphatic heterocycles. The normalized spacial score (nSPS) is 11.8. The fraction of sp³-hybridized carbons (Fsp3) is 0.286. The lowest BCUT2D eigenvalue weighted by atomic mass is 10.3. The Hall–Kier alpha value is -1.86. The van der Waals surface area contributed by atoms with Crippen LogP contribution in [0.15, 0.2) is 41.4 Å². The molecule has 1 aromatic carbocycles. The minimum Gasteiger partial charge on any atom is -0.363 e. The lowest BCUT2D eigenvalue weighted by Crippen LogP contribution is -2.21. The Kier molecular flexibility index (Phi) is 4.64. The average Bonchev–Trinajstić information content (AvgIpc) is 2.85. The highest BCUT2D eigenvalue weighted by Crippen LogP contribution is 2.17. The lowest BCUT2D eigenvalue weighted by molar-refractivity contribution is 0.582. The second kappa shape index (κ2) is 6.28. The molecule has 2 aromatic rings. The van der Waals surface area contributed by atoms with Gasteiger partial charge in [-0.3, -0.25) is 4.72 Å². The van der Waals surface area contributed by atoms with Crippen molar-refractivity contribution in [1.29, 1.82) is 0 Å². The van der Waals surface area contributed by atoms with E-state index in [4.69, 9.17) is 0 Å². The summed E-state index contributed by atoms with van der Waals surface area (Å²) in [6, 6.07) is 7.18. The summed E-state index contributed by atoms with van der Waals surface area (Å²) < 4.78 is 39.8. The van der Waals surface area contributed by atoms with E-state index in [0.29, 0.717) is 12.6 Å². The number of anilines is 1. The first-order chi connectivity index (χ1) is 9.87. The molecule has 0 bridgehead atoms. The van der Waals surface area contributed by atoms with Crippen molar-refractivity contribution in [2.24, 2.45) is 0 Å². The summed E-state index contributed by atoms with van der Waals surface area (Å²) in [6.07, 6.45) is 1.42. The van der Waals surface area contributed by atoms with Gasteiger partial charge in [-0.25, -0.2) is 12.8 Å². The number of nitrogens with one attached hydrogen (secondary N) is 3. The summed E-state index contributed by atoms with van der Waals surface area (Å²) in [4.78, 5) is 3.03. The maximum Gasteiger partial charge on any atom is 0.263 e. The number of H-pyrrole nitrogens is 1. The van der Waals surface area contributed by atoms with Gasteiger partial charge in [0.2, 0.25) is 0 Å². The minimum absolute atomic E-state index is 0.118. The van der Waals surface area contributed by atoms with Crippen LogP contribution in [0.4, 0.5) is 10.1 Å². The fourth-order valence-electron chi connectivity index (χ4n) is 1.76. The van der Waals surface area contributed by atoms with Crippen molar-refractivity contribution in [3.63, 3.8) is 0 Å². The van der Waals surface area contributed by atoms with Gasteiger partial charge in [-0.1, -0.05) is 19.9 Å². The first-order valence-electron chi connectivity index (χ1n) is 6.56. The first kappa shape index (κ1) is 15.5. The van der Waals surface area contributed by atoms with Crippen molar-refractivity contribution in [3.8, 4) is 0 Å². The van der Waals surface area contributed by atoms with E-state index < -0.39 is 15.8 Å². The van der Waals surface area contributed by atoms with E-state index in [1.54, 1.807) is 6.07 Å². The molecule has 5 nitrogen and oxygen atoms in total. The molecule has 3 N–H and O–H groups in total. The van der Waals surface area contributed by atoms with Crippen LogP contribution < -0.4 is 10.0 Å². The Balaban J connectivity index is 2.12. The summed E-state index contributed by atoms with van der Waals surface area (Å²) in [5.74, 6) is -0.494. The number of benzene rings is 1. The molecule has 0 unspecified atom stereocenters.